The number of carbonyl (C=O) groups is 1. The maximum atomic E-state index is 11.9. The lowest BCUT2D eigenvalue weighted by Gasteiger charge is -2.15. The van der Waals surface area contributed by atoms with E-state index in [0.29, 0.717) is 11.3 Å². The minimum absolute atomic E-state index is 0.209. The number of rotatable bonds is 5. The first-order chi connectivity index (χ1) is 7.51. The average Bonchev–Trinajstić information content (AvgIpc) is 2.28. The summed E-state index contributed by atoms with van der Waals surface area (Å²) in [6.07, 6.45) is 1.72. The molecule has 0 aromatic heterocycles. The number of benzene rings is 1. The SMILES string of the molecule is C=CCC(Cl)(Cl)C(=O)c1ccc(OC)cc1. The standard InChI is InChI=1S/C12H12Cl2O2/c1-3-8-12(13,14)11(15)9-4-6-10(16-2)7-5-9/h3-7H,1,8H2,2H3. The Hall–Kier alpha value is -0.990. The predicted molar refractivity (Wildman–Crippen MR) is 66.6 cm³/mol. The molecule has 0 radical (unpaired) electrons. The summed E-state index contributed by atoms with van der Waals surface area (Å²) in [7, 11) is 1.56. The molecule has 0 aliphatic heterocycles. The number of halogens is 2. The second-order valence-corrected chi connectivity index (χ2v) is 4.74. The molecule has 0 aliphatic rings. The van der Waals surface area contributed by atoms with Gasteiger partial charge in [-0.3, -0.25) is 4.79 Å². The van der Waals surface area contributed by atoms with Gasteiger partial charge in [0.1, 0.15) is 5.75 Å². The van der Waals surface area contributed by atoms with Crippen LogP contribution in [0, 0.1) is 0 Å². The van der Waals surface area contributed by atoms with Gasteiger partial charge in [-0.2, -0.15) is 0 Å². The third kappa shape index (κ3) is 3.00. The van der Waals surface area contributed by atoms with E-state index in [-0.39, 0.29) is 12.2 Å². The third-order valence-corrected chi connectivity index (χ3v) is 2.74. The number of allylic oxidation sites excluding steroid dienone is 1. The fourth-order valence-electron chi connectivity index (χ4n) is 1.23. The van der Waals surface area contributed by atoms with Gasteiger partial charge >= 0.3 is 0 Å². The van der Waals surface area contributed by atoms with Gasteiger partial charge in [0.05, 0.1) is 7.11 Å². The summed E-state index contributed by atoms with van der Waals surface area (Å²) in [4.78, 5) is 11.9. The monoisotopic (exact) mass is 258 g/mol. The number of ether oxygens (including phenoxy) is 1. The van der Waals surface area contributed by atoms with Crippen LogP contribution in [0.4, 0.5) is 0 Å². The zero-order chi connectivity index (χ0) is 12.2. The van der Waals surface area contributed by atoms with Crippen LogP contribution < -0.4 is 4.74 Å². The number of alkyl halides is 2. The first-order valence-electron chi connectivity index (χ1n) is 4.69. The Morgan fingerprint density at radius 2 is 2.00 bits per heavy atom. The van der Waals surface area contributed by atoms with Crippen LogP contribution in [0.25, 0.3) is 0 Å². The summed E-state index contributed by atoms with van der Waals surface area (Å²) in [6.45, 7) is 3.51. The maximum Gasteiger partial charge on any atom is 0.199 e. The van der Waals surface area contributed by atoms with Crippen LogP contribution in [0.2, 0.25) is 0 Å². The zero-order valence-corrected chi connectivity index (χ0v) is 10.4. The van der Waals surface area contributed by atoms with E-state index in [1.807, 2.05) is 0 Å². The summed E-state index contributed by atoms with van der Waals surface area (Å²) < 4.78 is 3.54. The lowest BCUT2D eigenvalue weighted by atomic mass is 10.1. The summed E-state index contributed by atoms with van der Waals surface area (Å²) in [6, 6.07) is 6.63. The molecule has 0 amide bonds. The minimum atomic E-state index is -1.45. The number of Topliss-reactive ketones (excluding diaryl/α,β-unsaturated/α-hetero) is 1. The molecule has 1 rings (SSSR count). The number of hydrogen-bond acceptors (Lipinski definition) is 2. The Labute approximate surface area is 105 Å². The van der Waals surface area contributed by atoms with E-state index in [2.05, 4.69) is 6.58 Å². The molecule has 0 heterocycles. The Kier molecular flexibility index (Phi) is 4.39. The van der Waals surface area contributed by atoms with Gasteiger partial charge in [0.2, 0.25) is 0 Å². The van der Waals surface area contributed by atoms with Gasteiger partial charge in [-0.25, -0.2) is 0 Å². The molecular formula is C12H12Cl2O2. The van der Waals surface area contributed by atoms with Gasteiger partial charge in [-0.1, -0.05) is 29.3 Å². The first kappa shape index (κ1) is 13.1. The molecule has 0 atom stereocenters. The molecule has 0 spiro atoms. The first-order valence-corrected chi connectivity index (χ1v) is 5.44. The van der Waals surface area contributed by atoms with Gasteiger partial charge in [-0.15, -0.1) is 6.58 Å². The van der Waals surface area contributed by atoms with Crippen molar-refractivity contribution in [3.05, 3.63) is 42.5 Å². The molecule has 86 valence electrons. The topological polar surface area (TPSA) is 26.3 Å². The van der Waals surface area contributed by atoms with Crippen molar-refractivity contribution in [2.75, 3.05) is 7.11 Å². The highest BCUT2D eigenvalue weighted by molar-refractivity contribution is 6.60. The molecule has 4 heteroatoms. The summed E-state index contributed by atoms with van der Waals surface area (Å²) >= 11 is 11.8. The molecule has 1 aromatic carbocycles. The van der Waals surface area contributed by atoms with E-state index in [4.69, 9.17) is 27.9 Å². The van der Waals surface area contributed by atoms with Gasteiger partial charge in [0, 0.05) is 12.0 Å². The van der Waals surface area contributed by atoms with Gasteiger partial charge in [0.15, 0.2) is 10.1 Å². The molecule has 0 bridgehead atoms. The Balaban J connectivity index is 2.91. The van der Waals surface area contributed by atoms with Crippen LogP contribution in [-0.2, 0) is 0 Å². The smallest absolute Gasteiger partial charge is 0.199 e. The lowest BCUT2D eigenvalue weighted by molar-refractivity contribution is 0.0973. The van der Waals surface area contributed by atoms with E-state index < -0.39 is 4.33 Å². The second kappa shape index (κ2) is 5.37. The van der Waals surface area contributed by atoms with Crippen molar-refractivity contribution >= 4 is 29.0 Å². The molecule has 0 N–H and O–H groups in total. The van der Waals surface area contributed by atoms with Crippen LogP contribution in [0.1, 0.15) is 16.8 Å². The van der Waals surface area contributed by atoms with Crippen molar-refractivity contribution in [3.8, 4) is 5.75 Å². The fourth-order valence-corrected chi connectivity index (χ4v) is 1.66. The molecule has 0 fully saturated rings. The van der Waals surface area contributed by atoms with Crippen LogP contribution in [-0.4, -0.2) is 17.2 Å². The average molecular weight is 259 g/mol. The molecule has 0 aliphatic carbocycles. The number of carbonyl (C=O) groups excluding carboxylic acids is 1. The van der Waals surface area contributed by atoms with E-state index in [1.165, 1.54) is 6.08 Å². The Morgan fingerprint density at radius 3 is 2.44 bits per heavy atom. The second-order valence-electron chi connectivity index (χ2n) is 3.25. The van der Waals surface area contributed by atoms with E-state index in [9.17, 15) is 4.79 Å². The van der Waals surface area contributed by atoms with Crippen molar-refractivity contribution in [2.45, 2.75) is 10.8 Å². The molecule has 0 saturated heterocycles. The highest BCUT2D eigenvalue weighted by Gasteiger charge is 2.32. The highest BCUT2D eigenvalue weighted by atomic mass is 35.5. The Bertz CT molecular complexity index is 383. The van der Waals surface area contributed by atoms with Crippen molar-refractivity contribution in [1.82, 2.24) is 0 Å². The van der Waals surface area contributed by atoms with Crippen molar-refractivity contribution in [2.24, 2.45) is 0 Å². The molecule has 16 heavy (non-hydrogen) atoms. The molecule has 1 aromatic rings. The Morgan fingerprint density at radius 1 is 1.44 bits per heavy atom. The molecule has 2 nitrogen and oxygen atoms in total. The third-order valence-electron chi connectivity index (χ3n) is 2.09. The fraction of sp³-hybridized carbons (Fsp3) is 0.250. The maximum absolute atomic E-state index is 11.9. The molecular weight excluding hydrogens is 247 g/mol. The van der Waals surface area contributed by atoms with Gasteiger partial charge < -0.3 is 4.74 Å². The number of hydrogen-bond donors (Lipinski definition) is 0. The summed E-state index contributed by atoms with van der Waals surface area (Å²) in [5, 5.41) is 0. The summed E-state index contributed by atoms with van der Waals surface area (Å²) in [5.74, 6) is 0.341. The largest absolute Gasteiger partial charge is 0.497 e. The lowest BCUT2D eigenvalue weighted by Crippen LogP contribution is -2.25. The molecule has 0 saturated carbocycles. The van der Waals surface area contributed by atoms with Crippen molar-refractivity contribution in [1.29, 1.82) is 0 Å². The number of ketones is 1. The van der Waals surface area contributed by atoms with Gasteiger partial charge in [-0.05, 0) is 24.3 Å². The van der Waals surface area contributed by atoms with Gasteiger partial charge in [0.25, 0.3) is 0 Å². The van der Waals surface area contributed by atoms with Crippen LogP contribution in [0.3, 0.4) is 0 Å². The van der Waals surface area contributed by atoms with E-state index in [0.717, 1.165) is 0 Å². The quantitative estimate of drug-likeness (QED) is 0.458. The van der Waals surface area contributed by atoms with Crippen LogP contribution in [0.15, 0.2) is 36.9 Å². The minimum Gasteiger partial charge on any atom is -0.497 e. The zero-order valence-electron chi connectivity index (χ0n) is 8.87. The normalized spacial score (nSPS) is 10.9. The predicted octanol–water partition coefficient (Wildman–Crippen LogP) is 3.63. The summed E-state index contributed by atoms with van der Waals surface area (Å²) in [5.41, 5.74) is 0.452. The number of methoxy groups -OCH3 is 1. The van der Waals surface area contributed by atoms with Crippen LogP contribution >= 0.6 is 23.2 Å². The highest BCUT2D eigenvalue weighted by Crippen LogP contribution is 2.30. The van der Waals surface area contributed by atoms with Crippen molar-refractivity contribution in [3.63, 3.8) is 0 Å². The van der Waals surface area contributed by atoms with Crippen molar-refractivity contribution < 1.29 is 9.53 Å². The van der Waals surface area contributed by atoms with E-state index >= 15 is 0 Å². The van der Waals surface area contributed by atoms with E-state index in [1.54, 1.807) is 31.4 Å². The molecule has 0 unspecified atom stereocenters. The van der Waals surface area contributed by atoms with Crippen LogP contribution in [0.5, 0.6) is 5.75 Å².